The number of benzene rings is 1. The molecule has 2 aliphatic heterocycles. The molecule has 0 spiro atoms. The molecule has 7 heteroatoms. The number of morpholine rings is 1. The van der Waals surface area contributed by atoms with E-state index in [0.29, 0.717) is 25.2 Å². The van der Waals surface area contributed by atoms with E-state index in [4.69, 9.17) is 14.9 Å². The van der Waals surface area contributed by atoms with Gasteiger partial charge in [0.2, 0.25) is 0 Å². The lowest BCUT2D eigenvalue weighted by Crippen LogP contribution is -2.37. The van der Waals surface area contributed by atoms with Gasteiger partial charge in [0.05, 0.1) is 31.2 Å². The van der Waals surface area contributed by atoms with Gasteiger partial charge in [-0.25, -0.2) is 0 Å². The first-order valence-electron chi connectivity index (χ1n) is 10.5. The molecule has 0 radical (unpaired) electrons. The van der Waals surface area contributed by atoms with Gasteiger partial charge in [-0.05, 0) is 32.9 Å². The molecule has 7 nitrogen and oxygen atoms in total. The lowest BCUT2D eigenvalue weighted by Gasteiger charge is -2.31. The van der Waals surface area contributed by atoms with E-state index >= 15 is 0 Å². The minimum atomic E-state index is -0.643. The number of ether oxygens (including phenoxy) is 2. The van der Waals surface area contributed by atoms with Crippen LogP contribution in [-0.4, -0.2) is 55.7 Å². The van der Waals surface area contributed by atoms with Gasteiger partial charge in [-0.15, -0.1) is 0 Å². The van der Waals surface area contributed by atoms with Crippen LogP contribution in [-0.2, 0) is 16.0 Å². The normalized spacial score (nSPS) is 21.7. The van der Waals surface area contributed by atoms with Gasteiger partial charge in [-0.3, -0.25) is 4.79 Å². The summed E-state index contributed by atoms with van der Waals surface area (Å²) < 4.78 is 11.5. The Balaban J connectivity index is 1.87. The van der Waals surface area contributed by atoms with Gasteiger partial charge in [0.15, 0.2) is 0 Å². The highest BCUT2D eigenvalue weighted by Crippen LogP contribution is 2.42. The van der Waals surface area contributed by atoms with Crippen molar-refractivity contribution in [2.75, 3.05) is 43.1 Å². The summed E-state index contributed by atoms with van der Waals surface area (Å²) in [6, 6.07) is 3.92. The molecule has 0 bridgehead atoms. The second kappa shape index (κ2) is 9.94. The van der Waals surface area contributed by atoms with Crippen LogP contribution in [0.25, 0.3) is 0 Å². The molecular formula is C24H31N3O4. The molecule has 1 atom stereocenters. The third kappa shape index (κ3) is 5.62. The molecule has 1 fully saturated rings. The summed E-state index contributed by atoms with van der Waals surface area (Å²) in [5.41, 5.74) is 3.47. The summed E-state index contributed by atoms with van der Waals surface area (Å²) in [5.74, 6) is 0.568. The molecule has 2 heterocycles. The average molecular weight is 426 g/mol. The van der Waals surface area contributed by atoms with Crippen LogP contribution in [0.15, 0.2) is 47.6 Å². The lowest BCUT2D eigenvalue weighted by atomic mass is 9.99. The minimum Gasteiger partial charge on any atom is -0.484 e. The molecule has 0 aliphatic carbocycles. The Hall–Kier alpha value is -2.90. The third-order valence-corrected chi connectivity index (χ3v) is 5.44. The van der Waals surface area contributed by atoms with Crippen LogP contribution in [0.4, 0.5) is 11.4 Å². The predicted octanol–water partition coefficient (Wildman–Crippen LogP) is 3.25. The maximum absolute atomic E-state index is 12.9. The molecule has 1 aromatic rings. The zero-order valence-electron chi connectivity index (χ0n) is 18.4. The molecule has 3 rings (SSSR count). The van der Waals surface area contributed by atoms with Gasteiger partial charge in [-0.1, -0.05) is 23.8 Å². The molecular weight excluding hydrogens is 394 g/mol. The maximum atomic E-state index is 12.9. The Kier molecular flexibility index (Phi) is 7.30. The van der Waals surface area contributed by atoms with E-state index in [1.807, 2.05) is 38.1 Å². The van der Waals surface area contributed by atoms with E-state index in [1.165, 1.54) is 6.21 Å². The first-order valence-corrected chi connectivity index (χ1v) is 10.5. The fourth-order valence-corrected chi connectivity index (χ4v) is 3.61. The van der Waals surface area contributed by atoms with Gasteiger partial charge in [0, 0.05) is 42.9 Å². The van der Waals surface area contributed by atoms with E-state index in [-0.39, 0.29) is 12.5 Å². The largest absolute Gasteiger partial charge is 0.484 e. The number of rotatable bonds is 7. The van der Waals surface area contributed by atoms with Crippen molar-refractivity contribution >= 4 is 23.5 Å². The number of nitrogens with one attached hydrogen (secondary N) is 2. The Morgan fingerprint density at radius 1 is 1.29 bits per heavy atom. The third-order valence-electron chi connectivity index (χ3n) is 5.44. The molecule has 31 heavy (non-hydrogen) atoms. The van der Waals surface area contributed by atoms with Crippen LogP contribution in [0.5, 0.6) is 5.75 Å². The Bertz CT molecular complexity index is 929. The number of allylic oxidation sites excluding steroid dienone is 5. The van der Waals surface area contributed by atoms with Crippen LogP contribution >= 0.6 is 0 Å². The number of nitrogens with zero attached hydrogens (tertiary/aromatic N) is 1. The van der Waals surface area contributed by atoms with Crippen molar-refractivity contribution in [3.63, 3.8) is 0 Å². The second-order valence-electron chi connectivity index (χ2n) is 8.20. The first-order chi connectivity index (χ1) is 14.8. The van der Waals surface area contributed by atoms with E-state index in [1.54, 1.807) is 19.1 Å². The van der Waals surface area contributed by atoms with Crippen molar-refractivity contribution in [1.82, 2.24) is 0 Å². The molecule has 1 aromatic carbocycles. The number of aliphatic hydroxyl groups excluding tert-OH is 1. The monoisotopic (exact) mass is 425 g/mol. The van der Waals surface area contributed by atoms with Gasteiger partial charge in [0.25, 0.3) is 5.91 Å². The number of carbonyl (C=O) groups is 1. The summed E-state index contributed by atoms with van der Waals surface area (Å²) >= 11 is 0. The van der Waals surface area contributed by atoms with E-state index in [9.17, 15) is 9.90 Å². The Morgan fingerprint density at radius 3 is 2.71 bits per heavy atom. The average Bonchev–Trinajstić information content (AvgIpc) is 3.11. The second-order valence-corrected chi connectivity index (χ2v) is 8.20. The first kappa shape index (κ1) is 22.8. The summed E-state index contributed by atoms with van der Waals surface area (Å²) in [7, 11) is 0. The number of hydrogen-bond donors (Lipinski definition) is 3. The molecule has 0 aromatic heterocycles. The fraction of sp³-hybridized carbons (Fsp3) is 0.417. The van der Waals surface area contributed by atoms with Crippen molar-refractivity contribution < 1.29 is 19.4 Å². The zero-order chi connectivity index (χ0) is 22.4. The topological polar surface area (TPSA) is 94.9 Å². The highest BCUT2D eigenvalue weighted by molar-refractivity contribution is 6.05. The molecule has 1 saturated heterocycles. The number of fused-ring (bicyclic) bond motifs is 1. The Morgan fingerprint density at radius 2 is 2.03 bits per heavy atom. The molecule has 0 unspecified atom stereocenters. The Labute approximate surface area is 183 Å². The molecule has 166 valence electrons. The van der Waals surface area contributed by atoms with Gasteiger partial charge < -0.3 is 30.2 Å². The van der Waals surface area contributed by atoms with E-state index < -0.39 is 5.60 Å². The molecule has 3 N–H and O–H groups in total. The smallest absolute Gasteiger partial charge is 0.251 e. The van der Waals surface area contributed by atoms with Gasteiger partial charge >= 0.3 is 0 Å². The zero-order valence-corrected chi connectivity index (χ0v) is 18.4. The highest BCUT2D eigenvalue weighted by atomic mass is 16.5. The summed E-state index contributed by atoms with van der Waals surface area (Å²) in [6.07, 6.45) is 8.86. The van der Waals surface area contributed by atoms with Crippen molar-refractivity contribution in [1.29, 1.82) is 5.41 Å². The molecule has 0 saturated carbocycles. The fourth-order valence-electron chi connectivity index (χ4n) is 3.61. The van der Waals surface area contributed by atoms with Crippen molar-refractivity contribution in [2.24, 2.45) is 0 Å². The van der Waals surface area contributed by atoms with Crippen LogP contribution in [0.1, 0.15) is 26.3 Å². The van der Waals surface area contributed by atoms with Crippen LogP contribution in [0.3, 0.4) is 0 Å². The molecule has 1 amide bonds. The number of carbonyl (C=O) groups excluding carboxylic acids is 1. The highest BCUT2D eigenvalue weighted by Gasteiger charge is 2.35. The van der Waals surface area contributed by atoms with Crippen molar-refractivity contribution in [3.05, 3.63) is 53.1 Å². The van der Waals surface area contributed by atoms with E-state index in [2.05, 4.69) is 10.2 Å². The summed E-state index contributed by atoms with van der Waals surface area (Å²) in [4.78, 5) is 15.1. The summed E-state index contributed by atoms with van der Waals surface area (Å²) in [5, 5.41) is 19.8. The maximum Gasteiger partial charge on any atom is 0.251 e. The van der Waals surface area contributed by atoms with E-state index in [0.717, 1.165) is 41.4 Å². The lowest BCUT2D eigenvalue weighted by molar-refractivity contribution is -0.112. The SMILES string of the molecule is CC(/C=C\C=N)=C\C=C(/C)C(=O)Nc1cc2c(cc1N1CCOCC1)O[C@@](C)(CO)C2. The van der Waals surface area contributed by atoms with Crippen molar-refractivity contribution in [3.8, 4) is 5.75 Å². The number of amides is 1. The molecule has 2 aliphatic rings. The van der Waals surface area contributed by atoms with Gasteiger partial charge in [-0.2, -0.15) is 0 Å². The number of aliphatic hydroxyl groups is 1. The minimum absolute atomic E-state index is 0.0732. The van der Waals surface area contributed by atoms with Gasteiger partial charge in [0.1, 0.15) is 11.4 Å². The number of anilines is 2. The quantitative estimate of drug-likeness (QED) is 0.354. The number of hydrogen-bond acceptors (Lipinski definition) is 6. The predicted molar refractivity (Wildman–Crippen MR) is 123 cm³/mol. The van der Waals surface area contributed by atoms with Crippen LogP contribution < -0.4 is 15.0 Å². The van der Waals surface area contributed by atoms with Crippen LogP contribution in [0, 0.1) is 5.41 Å². The standard InChI is InChI=1S/C24H31N3O4/c1-17(5-4-8-25)6-7-18(2)23(29)26-20-13-19-15-24(3,16-28)31-22(19)14-21(20)27-9-11-30-12-10-27/h4-8,13-14,25,28H,9-12,15-16H2,1-3H3,(H,26,29)/b5-4-,17-6+,18-7+,25-8?/t24-/m1/s1. The van der Waals surface area contributed by atoms with Crippen LogP contribution in [0.2, 0.25) is 0 Å². The van der Waals surface area contributed by atoms with Crippen molar-refractivity contribution in [2.45, 2.75) is 32.8 Å². The summed E-state index contributed by atoms with van der Waals surface area (Å²) in [6.45, 7) is 8.22.